The number of hydrogen-bond acceptors (Lipinski definition) is 3. The van der Waals surface area contributed by atoms with E-state index in [1.54, 1.807) is 6.92 Å². The normalized spacial score (nSPS) is 14.3. The largest absolute Gasteiger partial charge is 0.425 e. The Bertz CT molecular complexity index is 655. The predicted octanol–water partition coefficient (Wildman–Crippen LogP) is 3.72. The summed E-state index contributed by atoms with van der Waals surface area (Å²) in [6.07, 6.45) is -4.35. The molecule has 0 fully saturated rings. The molecule has 1 aromatic heterocycles. The molecule has 23 heavy (non-hydrogen) atoms. The minimum absolute atomic E-state index is 0.0609. The van der Waals surface area contributed by atoms with Gasteiger partial charge in [-0.1, -0.05) is 37.3 Å². The molecule has 0 saturated heterocycles. The highest BCUT2D eigenvalue weighted by Gasteiger charge is 2.32. The van der Waals surface area contributed by atoms with Crippen LogP contribution < -0.4 is 11.1 Å². The predicted molar refractivity (Wildman–Crippen MR) is 83.7 cm³/mol. The van der Waals surface area contributed by atoms with Gasteiger partial charge < -0.3 is 11.1 Å². The van der Waals surface area contributed by atoms with E-state index in [4.69, 9.17) is 5.73 Å². The maximum absolute atomic E-state index is 12.5. The van der Waals surface area contributed by atoms with Crippen molar-refractivity contribution in [1.29, 1.82) is 0 Å². The van der Waals surface area contributed by atoms with E-state index < -0.39 is 23.0 Å². The summed E-state index contributed by atoms with van der Waals surface area (Å²) < 4.78 is 37.6. The molecule has 1 heterocycles. The van der Waals surface area contributed by atoms with Crippen LogP contribution in [-0.4, -0.2) is 5.91 Å². The van der Waals surface area contributed by atoms with Crippen LogP contribution in [0.4, 0.5) is 13.2 Å². The minimum atomic E-state index is -4.35. The van der Waals surface area contributed by atoms with Crippen molar-refractivity contribution in [2.45, 2.75) is 25.7 Å². The van der Waals surface area contributed by atoms with E-state index in [2.05, 4.69) is 5.32 Å². The Labute approximate surface area is 136 Å². The molecular weight excluding hydrogens is 325 g/mol. The fourth-order valence-corrected chi connectivity index (χ4v) is 2.90. The highest BCUT2D eigenvalue weighted by atomic mass is 32.1. The molecule has 1 amide bonds. The highest BCUT2D eigenvalue weighted by Crippen LogP contribution is 2.34. The lowest BCUT2D eigenvalue weighted by Crippen LogP contribution is -2.35. The van der Waals surface area contributed by atoms with Crippen molar-refractivity contribution in [3.8, 4) is 0 Å². The SMILES string of the molecule is CC(C(=O)NCc1ccc(C(F)(F)F)s1)C(N)c1ccccc1. The van der Waals surface area contributed by atoms with E-state index in [-0.39, 0.29) is 12.5 Å². The first kappa shape index (κ1) is 17.5. The maximum atomic E-state index is 12.5. The Balaban J connectivity index is 1.93. The molecule has 0 aliphatic rings. The monoisotopic (exact) mass is 342 g/mol. The minimum Gasteiger partial charge on any atom is -0.351 e. The van der Waals surface area contributed by atoms with Crippen molar-refractivity contribution in [2.24, 2.45) is 11.7 Å². The number of halogens is 3. The van der Waals surface area contributed by atoms with E-state index in [1.807, 2.05) is 30.3 Å². The molecular formula is C16H17F3N2OS. The van der Waals surface area contributed by atoms with Crippen LogP contribution in [0.2, 0.25) is 0 Å². The number of amides is 1. The van der Waals surface area contributed by atoms with E-state index >= 15 is 0 Å². The first-order valence-corrected chi connectivity index (χ1v) is 7.85. The molecule has 0 bridgehead atoms. The molecule has 3 N–H and O–H groups in total. The van der Waals surface area contributed by atoms with Gasteiger partial charge >= 0.3 is 6.18 Å². The number of thiophene rings is 1. The Hall–Kier alpha value is -1.86. The van der Waals surface area contributed by atoms with Gasteiger partial charge in [-0.3, -0.25) is 4.79 Å². The summed E-state index contributed by atoms with van der Waals surface area (Å²) in [4.78, 5) is 11.9. The number of carbonyl (C=O) groups is 1. The third-order valence-corrected chi connectivity index (χ3v) is 4.64. The van der Waals surface area contributed by atoms with Crippen LogP contribution in [0, 0.1) is 5.92 Å². The quantitative estimate of drug-likeness (QED) is 0.870. The molecule has 124 valence electrons. The van der Waals surface area contributed by atoms with Gasteiger partial charge in [0.2, 0.25) is 5.91 Å². The lowest BCUT2D eigenvalue weighted by molar-refractivity contribution is -0.134. The third kappa shape index (κ3) is 4.56. The summed E-state index contributed by atoms with van der Waals surface area (Å²) in [5, 5.41) is 2.64. The van der Waals surface area contributed by atoms with Crippen molar-refractivity contribution in [2.75, 3.05) is 0 Å². The molecule has 2 unspecified atom stereocenters. The molecule has 7 heteroatoms. The first-order chi connectivity index (χ1) is 10.8. The van der Waals surface area contributed by atoms with Crippen molar-refractivity contribution < 1.29 is 18.0 Å². The van der Waals surface area contributed by atoms with E-state index in [1.165, 1.54) is 6.07 Å². The summed E-state index contributed by atoms with van der Waals surface area (Å²) in [7, 11) is 0. The zero-order valence-corrected chi connectivity index (χ0v) is 13.2. The average molecular weight is 342 g/mol. The molecule has 0 saturated carbocycles. The van der Waals surface area contributed by atoms with Gasteiger partial charge in [-0.05, 0) is 17.7 Å². The van der Waals surface area contributed by atoms with Gasteiger partial charge in [-0.25, -0.2) is 0 Å². The molecule has 2 aromatic rings. The van der Waals surface area contributed by atoms with Crippen molar-refractivity contribution in [3.63, 3.8) is 0 Å². The van der Waals surface area contributed by atoms with Crippen LogP contribution in [0.3, 0.4) is 0 Å². The van der Waals surface area contributed by atoms with E-state index in [0.29, 0.717) is 16.2 Å². The lowest BCUT2D eigenvalue weighted by Gasteiger charge is -2.19. The van der Waals surface area contributed by atoms with Gasteiger partial charge in [-0.15, -0.1) is 11.3 Å². The number of benzene rings is 1. The molecule has 0 radical (unpaired) electrons. The van der Waals surface area contributed by atoms with E-state index in [0.717, 1.165) is 11.6 Å². The molecule has 0 aliphatic heterocycles. The second-order valence-corrected chi connectivity index (χ2v) is 6.37. The summed E-state index contributed by atoms with van der Waals surface area (Å²) in [5.41, 5.74) is 6.90. The second-order valence-electron chi connectivity index (χ2n) is 5.21. The fraction of sp³-hybridized carbons (Fsp3) is 0.312. The average Bonchev–Trinajstić information content (AvgIpc) is 3.01. The van der Waals surface area contributed by atoms with Crippen LogP contribution in [0.1, 0.15) is 28.3 Å². The van der Waals surface area contributed by atoms with Crippen LogP contribution >= 0.6 is 11.3 Å². The smallest absolute Gasteiger partial charge is 0.351 e. The number of carbonyl (C=O) groups excluding carboxylic acids is 1. The topological polar surface area (TPSA) is 55.1 Å². The summed E-state index contributed by atoms with van der Waals surface area (Å²) >= 11 is 0.627. The van der Waals surface area contributed by atoms with Gasteiger partial charge in [0.05, 0.1) is 12.5 Å². The third-order valence-electron chi connectivity index (χ3n) is 3.51. The van der Waals surface area contributed by atoms with Crippen molar-refractivity contribution in [1.82, 2.24) is 5.32 Å². The zero-order chi connectivity index (χ0) is 17.0. The summed E-state index contributed by atoms with van der Waals surface area (Å²) in [6, 6.07) is 11.1. The molecule has 2 rings (SSSR count). The summed E-state index contributed by atoms with van der Waals surface area (Å²) in [6.45, 7) is 1.76. The maximum Gasteiger partial charge on any atom is 0.425 e. The van der Waals surface area contributed by atoms with Gasteiger partial charge in [0.25, 0.3) is 0 Å². The molecule has 1 aromatic carbocycles. The molecule has 0 spiro atoms. The second kappa shape index (κ2) is 7.14. The fourth-order valence-electron chi connectivity index (χ4n) is 2.09. The Kier molecular flexibility index (Phi) is 5.43. The number of hydrogen-bond donors (Lipinski definition) is 2. The van der Waals surface area contributed by atoms with Crippen molar-refractivity contribution >= 4 is 17.2 Å². The van der Waals surface area contributed by atoms with Gasteiger partial charge in [0.1, 0.15) is 4.88 Å². The Morgan fingerprint density at radius 2 is 1.87 bits per heavy atom. The lowest BCUT2D eigenvalue weighted by atomic mass is 9.95. The van der Waals surface area contributed by atoms with Crippen molar-refractivity contribution in [3.05, 3.63) is 57.8 Å². The van der Waals surface area contributed by atoms with E-state index in [9.17, 15) is 18.0 Å². The molecule has 3 nitrogen and oxygen atoms in total. The van der Waals surface area contributed by atoms with Crippen LogP contribution in [0.5, 0.6) is 0 Å². The van der Waals surface area contributed by atoms with Crippen LogP contribution in [0.15, 0.2) is 42.5 Å². The highest BCUT2D eigenvalue weighted by molar-refractivity contribution is 7.12. The zero-order valence-electron chi connectivity index (χ0n) is 12.4. The van der Waals surface area contributed by atoms with Gasteiger partial charge in [0.15, 0.2) is 0 Å². The number of rotatable bonds is 5. The molecule has 2 atom stereocenters. The first-order valence-electron chi connectivity index (χ1n) is 7.03. The van der Waals surface area contributed by atoms with Gasteiger partial charge in [0, 0.05) is 10.9 Å². The van der Waals surface area contributed by atoms with Gasteiger partial charge in [-0.2, -0.15) is 13.2 Å². The Morgan fingerprint density at radius 1 is 1.22 bits per heavy atom. The Morgan fingerprint density at radius 3 is 2.43 bits per heavy atom. The standard InChI is InChI=1S/C16H17F3N2OS/c1-10(14(20)11-5-3-2-4-6-11)15(22)21-9-12-7-8-13(23-12)16(17,18)19/h2-8,10,14H,9,20H2,1H3,(H,21,22). The number of nitrogens with one attached hydrogen (secondary N) is 1. The number of nitrogens with two attached hydrogens (primary N) is 1. The van der Waals surface area contributed by atoms with Crippen LogP contribution in [0.25, 0.3) is 0 Å². The number of alkyl halides is 3. The van der Waals surface area contributed by atoms with Crippen LogP contribution in [-0.2, 0) is 17.5 Å². The molecule has 0 aliphatic carbocycles. The summed E-state index contributed by atoms with van der Waals surface area (Å²) in [5.74, 6) is -0.775.